The van der Waals surface area contributed by atoms with Gasteiger partial charge in [-0.15, -0.1) is 4.98 Å². The van der Waals surface area contributed by atoms with Gasteiger partial charge in [0.05, 0.1) is 26.3 Å². The molecule has 130 valence electrons. The Morgan fingerprint density at radius 2 is 1.84 bits per heavy atom. The van der Waals surface area contributed by atoms with Crippen LogP contribution < -0.4 is 20.5 Å². The Morgan fingerprint density at radius 1 is 1.16 bits per heavy atom. The Balaban J connectivity index is 1.71. The van der Waals surface area contributed by atoms with Gasteiger partial charge in [0, 0.05) is 0 Å². The number of benzene rings is 1. The molecule has 2 aromatic heterocycles. The highest BCUT2D eigenvalue weighted by atomic mass is 16.5. The van der Waals surface area contributed by atoms with E-state index >= 15 is 0 Å². The van der Waals surface area contributed by atoms with Crippen LogP contribution in [0, 0.1) is 0 Å². The summed E-state index contributed by atoms with van der Waals surface area (Å²) >= 11 is 0. The second kappa shape index (κ2) is 6.99. The molecule has 10 heteroatoms. The van der Waals surface area contributed by atoms with Gasteiger partial charge in [-0.2, -0.15) is 9.97 Å². The molecular formula is C15H15N5O5. The summed E-state index contributed by atoms with van der Waals surface area (Å²) in [6, 6.07) is 7.03. The fourth-order valence-electron chi connectivity index (χ4n) is 2.18. The summed E-state index contributed by atoms with van der Waals surface area (Å²) in [5, 5.41) is 2.63. The molecule has 0 unspecified atom stereocenters. The molecule has 10 nitrogen and oxygen atoms in total. The van der Waals surface area contributed by atoms with E-state index in [2.05, 4.69) is 20.3 Å². The van der Waals surface area contributed by atoms with Gasteiger partial charge in [-0.05, 0) is 12.1 Å². The molecule has 0 fully saturated rings. The average molecular weight is 345 g/mol. The molecule has 0 saturated heterocycles. The van der Waals surface area contributed by atoms with Crippen molar-refractivity contribution in [3.05, 3.63) is 40.6 Å². The molecule has 0 aliphatic heterocycles. The summed E-state index contributed by atoms with van der Waals surface area (Å²) in [6.45, 7) is -0.159. The maximum absolute atomic E-state index is 12.1. The third-order valence-corrected chi connectivity index (χ3v) is 3.32. The van der Waals surface area contributed by atoms with E-state index in [0.717, 1.165) is 0 Å². The van der Waals surface area contributed by atoms with Crippen LogP contribution in [0.1, 0.15) is 5.82 Å². The number of rotatable bonds is 6. The van der Waals surface area contributed by atoms with Crippen LogP contribution in [0.3, 0.4) is 0 Å². The smallest absolute Gasteiger partial charge is 0.420 e. The molecule has 0 saturated carbocycles. The molecule has 0 bridgehead atoms. The fourth-order valence-corrected chi connectivity index (χ4v) is 2.18. The van der Waals surface area contributed by atoms with Crippen LogP contribution in [-0.2, 0) is 17.9 Å². The van der Waals surface area contributed by atoms with Gasteiger partial charge in [-0.1, -0.05) is 12.1 Å². The first kappa shape index (κ1) is 16.4. The number of oxazole rings is 1. The summed E-state index contributed by atoms with van der Waals surface area (Å²) in [7, 11) is 2.82. The normalized spacial score (nSPS) is 10.6. The Labute approximate surface area is 141 Å². The first-order valence-corrected chi connectivity index (χ1v) is 7.28. The number of ether oxygens (including phenoxy) is 2. The van der Waals surface area contributed by atoms with Gasteiger partial charge < -0.3 is 19.2 Å². The summed E-state index contributed by atoms with van der Waals surface area (Å²) in [4.78, 5) is 35.9. The number of nitrogens with zero attached hydrogens (tertiary/aromatic N) is 4. The van der Waals surface area contributed by atoms with Crippen molar-refractivity contribution in [1.82, 2.24) is 24.8 Å². The zero-order valence-electron chi connectivity index (χ0n) is 13.6. The van der Waals surface area contributed by atoms with Crippen LogP contribution >= 0.6 is 0 Å². The number of amides is 1. The highest BCUT2D eigenvalue weighted by molar-refractivity contribution is 5.79. The molecule has 2 heterocycles. The van der Waals surface area contributed by atoms with Gasteiger partial charge in [0.1, 0.15) is 6.54 Å². The molecule has 3 rings (SSSR count). The summed E-state index contributed by atoms with van der Waals surface area (Å²) < 4.78 is 16.2. The SMILES string of the molecule is COc1nc(CNC(=O)Cn2c(=O)oc3ccccc32)nc(OC)n1. The van der Waals surface area contributed by atoms with E-state index in [0.29, 0.717) is 11.1 Å². The minimum atomic E-state index is -0.597. The van der Waals surface area contributed by atoms with E-state index in [1.807, 2.05) is 0 Å². The molecule has 0 aliphatic rings. The third-order valence-electron chi connectivity index (χ3n) is 3.32. The molecule has 0 aliphatic carbocycles. The van der Waals surface area contributed by atoms with Crippen LogP contribution in [0.15, 0.2) is 33.5 Å². The number of methoxy groups -OCH3 is 2. The fraction of sp³-hybridized carbons (Fsp3) is 0.267. The van der Waals surface area contributed by atoms with Gasteiger partial charge in [0.2, 0.25) is 5.91 Å². The monoisotopic (exact) mass is 345 g/mol. The summed E-state index contributed by atoms with van der Waals surface area (Å²) in [5.41, 5.74) is 0.971. The topological polar surface area (TPSA) is 121 Å². The molecule has 1 N–H and O–H groups in total. The van der Waals surface area contributed by atoms with Gasteiger partial charge >= 0.3 is 17.8 Å². The second-order valence-corrected chi connectivity index (χ2v) is 4.92. The van der Waals surface area contributed by atoms with E-state index in [4.69, 9.17) is 13.9 Å². The number of hydrogen-bond acceptors (Lipinski definition) is 8. The lowest BCUT2D eigenvalue weighted by atomic mass is 10.3. The van der Waals surface area contributed by atoms with Crippen LogP contribution in [0.4, 0.5) is 0 Å². The number of nitrogens with one attached hydrogen (secondary N) is 1. The Hall–Kier alpha value is -3.43. The quantitative estimate of drug-likeness (QED) is 0.668. The van der Waals surface area contributed by atoms with Crippen LogP contribution in [0.25, 0.3) is 11.1 Å². The number of hydrogen-bond donors (Lipinski definition) is 1. The van der Waals surface area contributed by atoms with Crippen molar-refractivity contribution in [3.8, 4) is 12.0 Å². The zero-order valence-corrected chi connectivity index (χ0v) is 13.6. The van der Waals surface area contributed by atoms with Crippen molar-refractivity contribution >= 4 is 17.0 Å². The predicted octanol–water partition coefficient (Wildman–Crippen LogP) is 0.113. The van der Waals surface area contributed by atoms with E-state index in [1.54, 1.807) is 24.3 Å². The second-order valence-electron chi connectivity index (χ2n) is 4.92. The van der Waals surface area contributed by atoms with Crippen molar-refractivity contribution in [2.75, 3.05) is 14.2 Å². The van der Waals surface area contributed by atoms with Crippen LogP contribution in [-0.4, -0.2) is 39.6 Å². The van der Waals surface area contributed by atoms with Gasteiger partial charge in [0.15, 0.2) is 11.4 Å². The van der Waals surface area contributed by atoms with Gasteiger partial charge in [-0.25, -0.2) is 4.79 Å². The maximum Gasteiger partial charge on any atom is 0.420 e. The molecule has 1 amide bonds. The lowest BCUT2D eigenvalue weighted by molar-refractivity contribution is -0.121. The van der Waals surface area contributed by atoms with Crippen molar-refractivity contribution in [2.24, 2.45) is 0 Å². The van der Waals surface area contributed by atoms with E-state index in [-0.39, 0.29) is 30.9 Å². The maximum atomic E-state index is 12.1. The zero-order chi connectivity index (χ0) is 17.8. The summed E-state index contributed by atoms with van der Waals surface area (Å²) in [6.07, 6.45) is 0. The van der Waals surface area contributed by atoms with E-state index in [1.165, 1.54) is 18.8 Å². The molecule has 25 heavy (non-hydrogen) atoms. The minimum Gasteiger partial charge on any atom is -0.467 e. The number of carbonyl (C=O) groups excluding carboxylic acids is 1. The molecular weight excluding hydrogens is 330 g/mol. The Bertz CT molecular complexity index is 942. The van der Waals surface area contributed by atoms with Crippen molar-refractivity contribution < 1.29 is 18.7 Å². The number of carbonyl (C=O) groups is 1. The van der Waals surface area contributed by atoms with Crippen molar-refractivity contribution in [3.63, 3.8) is 0 Å². The Kier molecular flexibility index (Phi) is 4.59. The summed E-state index contributed by atoms with van der Waals surface area (Å²) in [5.74, 6) is -0.728. The van der Waals surface area contributed by atoms with Gasteiger partial charge in [-0.3, -0.25) is 9.36 Å². The lowest BCUT2D eigenvalue weighted by Crippen LogP contribution is -2.31. The molecule has 0 spiro atoms. The predicted molar refractivity (Wildman–Crippen MR) is 85.3 cm³/mol. The number of aromatic nitrogens is 4. The molecule has 0 atom stereocenters. The standard InChI is InChI=1S/C15H15N5O5/c1-23-13-17-11(18-14(19-13)24-2)7-16-12(21)8-20-9-5-3-4-6-10(9)25-15(20)22/h3-6H,7-8H2,1-2H3,(H,16,21). The molecule has 1 aromatic carbocycles. The van der Waals surface area contributed by atoms with Crippen LogP contribution in [0.2, 0.25) is 0 Å². The number of fused-ring (bicyclic) bond motifs is 1. The largest absolute Gasteiger partial charge is 0.467 e. The molecule has 3 aromatic rings. The Morgan fingerprint density at radius 3 is 2.52 bits per heavy atom. The minimum absolute atomic E-state index is 0.0264. The van der Waals surface area contributed by atoms with Gasteiger partial charge in [0.25, 0.3) is 0 Å². The van der Waals surface area contributed by atoms with Crippen molar-refractivity contribution in [2.45, 2.75) is 13.1 Å². The highest BCUT2D eigenvalue weighted by Gasteiger charge is 2.13. The highest BCUT2D eigenvalue weighted by Crippen LogP contribution is 2.11. The first-order chi connectivity index (χ1) is 12.1. The van der Waals surface area contributed by atoms with E-state index in [9.17, 15) is 9.59 Å². The third kappa shape index (κ3) is 3.57. The lowest BCUT2D eigenvalue weighted by Gasteiger charge is -2.07. The molecule has 0 radical (unpaired) electrons. The average Bonchev–Trinajstić information content (AvgIpc) is 2.95. The number of para-hydroxylation sites is 2. The van der Waals surface area contributed by atoms with Crippen LogP contribution in [0.5, 0.6) is 12.0 Å². The first-order valence-electron chi connectivity index (χ1n) is 7.28. The van der Waals surface area contributed by atoms with Crippen molar-refractivity contribution in [1.29, 1.82) is 0 Å². The van der Waals surface area contributed by atoms with E-state index < -0.39 is 11.7 Å².